The highest BCUT2D eigenvalue weighted by molar-refractivity contribution is 9.10. The molecule has 2 rings (SSSR count). The fourth-order valence-corrected chi connectivity index (χ4v) is 2.83. The number of halogens is 1. The number of pyridine rings is 1. The zero-order chi connectivity index (χ0) is 9.26. The van der Waals surface area contributed by atoms with Crippen molar-refractivity contribution in [2.24, 2.45) is 0 Å². The molecule has 1 aromatic rings. The van der Waals surface area contributed by atoms with Crippen molar-refractivity contribution in [3.8, 4) is 0 Å². The third kappa shape index (κ3) is 1.93. The summed E-state index contributed by atoms with van der Waals surface area (Å²) in [5.74, 6) is 0.704. The van der Waals surface area contributed by atoms with Crippen LogP contribution in [0.1, 0.15) is 42.9 Å². The second-order valence-corrected chi connectivity index (χ2v) is 4.72. The Morgan fingerprint density at radius 1 is 1.38 bits per heavy atom. The maximum atomic E-state index is 4.51. The van der Waals surface area contributed by atoms with Crippen LogP contribution in [-0.2, 0) is 0 Å². The van der Waals surface area contributed by atoms with Gasteiger partial charge in [0.2, 0.25) is 0 Å². The summed E-state index contributed by atoms with van der Waals surface area (Å²) in [4.78, 5) is 4.51. The van der Waals surface area contributed by atoms with Crippen molar-refractivity contribution in [1.82, 2.24) is 4.98 Å². The van der Waals surface area contributed by atoms with Crippen molar-refractivity contribution in [3.63, 3.8) is 0 Å². The highest BCUT2D eigenvalue weighted by Gasteiger charge is 2.20. The molecule has 0 saturated heterocycles. The second-order valence-electron chi connectivity index (χ2n) is 3.86. The summed E-state index contributed by atoms with van der Waals surface area (Å²) in [6, 6.07) is 2.17. The fourth-order valence-electron chi connectivity index (χ4n) is 2.04. The summed E-state index contributed by atoms with van der Waals surface area (Å²) in [5.41, 5.74) is 2.50. The highest BCUT2D eigenvalue weighted by Crippen LogP contribution is 2.36. The number of nitrogens with zero attached hydrogens (tertiary/aromatic N) is 1. The Hall–Kier alpha value is -0.370. The first-order valence-electron chi connectivity index (χ1n) is 4.89. The van der Waals surface area contributed by atoms with Gasteiger partial charge in [-0.3, -0.25) is 4.98 Å². The molecule has 1 heterocycles. The van der Waals surface area contributed by atoms with Crippen molar-refractivity contribution in [2.75, 3.05) is 0 Å². The van der Waals surface area contributed by atoms with Gasteiger partial charge in [0, 0.05) is 16.6 Å². The molecule has 0 bridgehead atoms. The normalized spacial score (nSPS) is 18.0. The van der Waals surface area contributed by atoms with Crippen LogP contribution in [0, 0.1) is 6.92 Å². The van der Waals surface area contributed by atoms with E-state index in [0.717, 1.165) is 0 Å². The summed E-state index contributed by atoms with van der Waals surface area (Å²) in [7, 11) is 0. The molecule has 1 fully saturated rings. The van der Waals surface area contributed by atoms with E-state index >= 15 is 0 Å². The molecular formula is C11H14BrN. The van der Waals surface area contributed by atoms with Crippen LogP contribution in [0.5, 0.6) is 0 Å². The molecule has 13 heavy (non-hydrogen) atoms. The van der Waals surface area contributed by atoms with Crippen LogP contribution >= 0.6 is 15.9 Å². The van der Waals surface area contributed by atoms with Gasteiger partial charge < -0.3 is 0 Å². The van der Waals surface area contributed by atoms with E-state index in [0.29, 0.717) is 5.92 Å². The SMILES string of the molecule is Cc1cnc(C2CCCC2)c(Br)c1. The van der Waals surface area contributed by atoms with Crippen LogP contribution in [-0.4, -0.2) is 4.98 Å². The molecule has 1 saturated carbocycles. The Bertz CT molecular complexity index is 303. The average Bonchev–Trinajstić information content (AvgIpc) is 2.56. The lowest BCUT2D eigenvalue weighted by molar-refractivity contribution is 0.692. The summed E-state index contributed by atoms with van der Waals surface area (Å²) in [6.45, 7) is 2.08. The average molecular weight is 240 g/mol. The van der Waals surface area contributed by atoms with E-state index in [9.17, 15) is 0 Å². The van der Waals surface area contributed by atoms with E-state index in [2.05, 4.69) is 33.9 Å². The number of hydrogen-bond donors (Lipinski definition) is 0. The fraction of sp³-hybridized carbons (Fsp3) is 0.545. The quantitative estimate of drug-likeness (QED) is 0.727. The Morgan fingerprint density at radius 2 is 2.08 bits per heavy atom. The molecule has 0 spiro atoms. The predicted molar refractivity (Wildman–Crippen MR) is 57.9 cm³/mol. The van der Waals surface area contributed by atoms with Gasteiger partial charge in [0.05, 0.1) is 5.69 Å². The van der Waals surface area contributed by atoms with Crippen LogP contribution in [0.3, 0.4) is 0 Å². The second kappa shape index (κ2) is 3.79. The zero-order valence-electron chi connectivity index (χ0n) is 7.89. The summed E-state index contributed by atoms with van der Waals surface area (Å²) < 4.78 is 1.19. The Kier molecular flexibility index (Phi) is 2.68. The lowest BCUT2D eigenvalue weighted by Crippen LogP contribution is -1.97. The third-order valence-electron chi connectivity index (χ3n) is 2.75. The van der Waals surface area contributed by atoms with Crippen molar-refractivity contribution in [3.05, 3.63) is 28.0 Å². The molecule has 0 atom stereocenters. The largest absolute Gasteiger partial charge is 0.260 e. The van der Waals surface area contributed by atoms with Crippen LogP contribution in [0.25, 0.3) is 0 Å². The van der Waals surface area contributed by atoms with Gasteiger partial charge in [0.25, 0.3) is 0 Å². The van der Waals surface area contributed by atoms with Gasteiger partial charge in [-0.2, -0.15) is 0 Å². The van der Waals surface area contributed by atoms with Gasteiger partial charge in [0.15, 0.2) is 0 Å². The minimum Gasteiger partial charge on any atom is -0.260 e. The molecule has 0 unspecified atom stereocenters. The molecule has 2 heteroatoms. The summed E-state index contributed by atoms with van der Waals surface area (Å²) >= 11 is 3.59. The topological polar surface area (TPSA) is 12.9 Å². The van der Waals surface area contributed by atoms with Crippen molar-refractivity contribution in [2.45, 2.75) is 38.5 Å². The minimum atomic E-state index is 0.704. The third-order valence-corrected chi connectivity index (χ3v) is 3.38. The minimum absolute atomic E-state index is 0.704. The molecule has 1 nitrogen and oxygen atoms in total. The number of aryl methyl sites for hydroxylation is 1. The van der Waals surface area contributed by atoms with Gasteiger partial charge in [-0.25, -0.2) is 0 Å². The molecule has 0 radical (unpaired) electrons. The van der Waals surface area contributed by atoms with Crippen molar-refractivity contribution >= 4 is 15.9 Å². The van der Waals surface area contributed by atoms with Gasteiger partial charge >= 0.3 is 0 Å². The van der Waals surface area contributed by atoms with Crippen LogP contribution in [0.15, 0.2) is 16.7 Å². The Balaban J connectivity index is 2.29. The van der Waals surface area contributed by atoms with Crippen molar-refractivity contribution in [1.29, 1.82) is 0 Å². The lowest BCUT2D eigenvalue weighted by Gasteiger charge is -2.10. The molecule has 0 N–H and O–H groups in total. The molecule has 0 amide bonds. The van der Waals surface area contributed by atoms with Crippen LogP contribution in [0.2, 0.25) is 0 Å². The van der Waals surface area contributed by atoms with E-state index in [1.54, 1.807) is 0 Å². The number of hydrogen-bond acceptors (Lipinski definition) is 1. The van der Waals surface area contributed by atoms with E-state index in [1.807, 2.05) is 6.20 Å². The number of rotatable bonds is 1. The van der Waals surface area contributed by atoms with Crippen molar-refractivity contribution < 1.29 is 0 Å². The zero-order valence-corrected chi connectivity index (χ0v) is 9.47. The number of aromatic nitrogens is 1. The van der Waals surface area contributed by atoms with Crippen LogP contribution in [0.4, 0.5) is 0 Å². The monoisotopic (exact) mass is 239 g/mol. The molecule has 0 aliphatic heterocycles. The predicted octanol–water partition coefficient (Wildman–Crippen LogP) is 3.81. The first-order chi connectivity index (χ1) is 6.27. The molecule has 70 valence electrons. The molecule has 1 aliphatic carbocycles. The maximum Gasteiger partial charge on any atom is 0.0576 e. The standard InChI is InChI=1S/C11H14BrN/c1-8-6-10(12)11(13-7-8)9-4-2-3-5-9/h6-7,9H,2-5H2,1H3. The maximum absolute atomic E-state index is 4.51. The van der Waals surface area contributed by atoms with Gasteiger partial charge in [-0.05, 0) is 47.3 Å². The van der Waals surface area contributed by atoms with E-state index in [1.165, 1.54) is 41.4 Å². The van der Waals surface area contributed by atoms with E-state index < -0.39 is 0 Å². The smallest absolute Gasteiger partial charge is 0.0576 e. The summed E-state index contributed by atoms with van der Waals surface area (Å²) in [5, 5.41) is 0. The van der Waals surface area contributed by atoms with E-state index in [-0.39, 0.29) is 0 Å². The summed E-state index contributed by atoms with van der Waals surface area (Å²) in [6.07, 6.45) is 7.33. The Labute approximate surface area is 87.7 Å². The molecule has 0 aromatic carbocycles. The first kappa shape index (κ1) is 9.20. The molecular weight excluding hydrogens is 226 g/mol. The highest BCUT2D eigenvalue weighted by atomic mass is 79.9. The lowest BCUT2D eigenvalue weighted by atomic mass is 10.0. The Morgan fingerprint density at radius 3 is 2.69 bits per heavy atom. The first-order valence-corrected chi connectivity index (χ1v) is 5.68. The van der Waals surface area contributed by atoms with Gasteiger partial charge in [-0.15, -0.1) is 0 Å². The molecule has 1 aliphatic rings. The van der Waals surface area contributed by atoms with Crippen LogP contribution < -0.4 is 0 Å². The molecule has 1 aromatic heterocycles. The van der Waals surface area contributed by atoms with Gasteiger partial charge in [-0.1, -0.05) is 12.8 Å². The van der Waals surface area contributed by atoms with Gasteiger partial charge in [0.1, 0.15) is 0 Å². The van der Waals surface area contributed by atoms with E-state index in [4.69, 9.17) is 0 Å².